The Morgan fingerprint density at radius 2 is 2.43 bits per heavy atom. The molecule has 0 bridgehead atoms. The zero-order valence-electron chi connectivity index (χ0n) is 8.81. The van der Waals surface area contributed by atoms with E-state index in [1.54, 1.807) is 22.8 Å². The van der Waals surface area contributed by atoms with E-state index in [4.69, 9.17) is 5.73 Å². The van der Waals surface area contributed by atoms with E-state index < -0.39 is 0 Å². The van der Waals surface area contributed by atoms with Crippen LogP contribution in [0, 0.1) is 0 Å². The molecule has 80 valence electrons. The van der Waals surface area contributed by atoms with Crippen LogP contribution in [-0.2, 0) is 7.05 Å². The van der Waals surface area contributed by atoms with Gasteiger partial charge < -0.3 is 5.73 Å². The van der Waals surface area contributed by atoms with Gasteiger partial charge in [0, 0.05) is 18.8 Å². The van der Waals surface area contributed by atoms with Gasteiger partial charge in [0.15, 0.2) is 5.16 Å². The van der Waals surface area contributed by atoms with Crippen LogP contribution in [0.5, 0.6) is 0 Å². The van der Waals surface area contributed by atoms with Crippen molar-refractivity contribution in [2.45, 2.75) is 37.4 Å². The summed E-state index contributed by atoms with van der Waals surface area (Å²) in [6.45, 7) is 2.13. The minimum absolute atomic E-state index is 0.357. The fourth-order valence-electron chi connectivity index (χ4n) is 1.13. The Morgan fingerprint density at radius 3 is 3.00 bits per heavy atom. The van der Waals surface area contributed by atoms with Gasteiger partial charge in [-0.3, -0.25) is 0 Å². The zero-order chi connectivity index (χ0) is 10.4. The molecule has 5 heteroatoms. The fraction of sp³-hybridized carbons (Fsp3) is 0.778. The number of hydrogen-bond donors (Lipinski definition) is 1. The predicted octanol–water partition coefficient (Wildman–Crippen LogP) is 1.42. The highest BCUT2D eigenvalue weighted by Gasteiger charge is 2.02. The van der Waals surface area contributed by atoms with Gasteiger partial charge in [-0.1, -0.05) is 18.7 Å². The molecule has 0 aliphatic heterocycles. The SMILES string of the molecule is CCC(N)CCCSc1ncnn1C. The minimum atomic E-state index is 0.357. The highest BCUT2D eigenvalue weighted by molar-refractivity contribution is 7.99. The van der Waals surface area contributed by atoms with Crippen molar-refractivity contribution in [3.63, 3.8) is 0 Å². The van der Waals surface area contributed by atoms with Crippen molar-refractivity contribution >= 4 is 11.8 Å². The van der Waals surface area contributed by atoms with Gasteiger partial charge in [0.25, 0.3) is 0 Å². The minimum Gasteiger partial charge on any atom is -0.328 e. The Morgan fingerprint density at radius 1 is 1.64 bits per heavy atom. The second-order valence-electron chi connectivity index (χ2n) is 3.33. The quantitative estimate of drug-likeness (QED) is 0.575. The highest BCUT2D eigenvalue weighted by atomic mass is 32.2. The summed E-state index contributed by atoms with van der Waals surface area (Å²) in [5, 5.41) is 4.99. The maximum Gasteiger partial charge on any atom is 0.185 e. The van der Waals surface area contributed by atoms with Gasteiger partial charge in [-0.05, 0) is 19.3 Å². The summed E-state index contributed by atoms with van der Waals surface area (Å²) in [6.07, 6.45) is 4.89. The van der Waals surface area contributed by atoms with E-state index in [2.05, 4.69) is 17.0 Å². The van der Waals surface area contributed by atoms with Crippen molar-refractivity contribution < 1.29 is 0 Å². The van der Waals surface area contributed by atoms with Crippen LogP contribution >= 0.6 is 11.8 Å². The smallest absolute Gasteiger partial charge is 0.185 e. The molecule has 0 saturated heterocycles. The van der Waals surface area contributed by atoms with Crippen LogP contribution in [0.15, 0.2) is 11.5 Å². The number of aryl methyl sites for hydroxylation is 1. The molecule has 14 heavy (non-hydrogen) atoms. The van der Waals surface area contributed by atoms with E-state index in [-0.39, 0.29) is 0 Å². The third-order valence-corrected chi connectivity index (χ3v) is 3.27. The van der Waals surface area contributed by atoms with Gasteiger partial charge in [-0.25, -0.2) is 9.67 Å². The molecule has 1 unspecified atom stereocenters. The van der Waals surface area contributed by atoms with Crippen molar-refractivity contribution in [3.05, 3.63) is 6.33 Å². The summed E-state index contributed by atoms with van der Waals surface area (Å²) in [4.78, 5) is 4.14. The number of rotatable bonds is 6. The number of hydrogen-bond acceptors (Lipinski definition) is 4. The van der Waals surface area contributed by atoms with Gasteiger partial charge in [-0.15, -0.1) is 0 Å². The normalized spacial score (nSPS) is 13.1. The summed E-state index contributed by atoms with van der Waals surface area (Å²) < 4.78 is 1.80. The van der Waals surface area contributed by atoms with E-state index in [1.807, 2.05) is 7.05 Å². The number of thioether (sulfide) groups is 1. The largest absolute Gasteiger partial charge is 0.328 e. The number of nitrogens with zero attached hydrogens (tertiary/aromatic N) is 3. The average molecular weight is 214 g/mol. The van der Waals surface area contributed by atoms with Gasteiger partial charge in [0.2, 0.25) is 0 Å². The molecular weight excluding hydrogens is 196 g/mol. The van der Waals surface area contributed by atoms with Crippen molar-refractivity contribution in [1.29, 1.82) is 0 Å². The van der Waals surface area contributed by atoms with E-state index in [9.17, 15) is 0 Å². The van der Waals surface area contributed by atoms with Crippen LogP contribution in [0.25, 0.3) is 0 Å². The summed E-state index contributed by atoms with van der Waals surface area (Å²) >= 11 is 1.74. The summed E-state index contributed by atoms with van der Waals surface area (Å²) in [6, 6.07) is 0.357. The molecule has 1 aromatic heterocycles. The van der Waals surface area contributed by atoms with E-state index in [0.29, 0.717) is 6.04 Å². The molecule has 0 radical (unpaired) electrons. The molecular formula is C9H18N4S. The van der Waals surface area contributed by atoms with Crippen molar-refractivity contribution in [2.24, 2.45) is 12.8 Å². The van der Waals surface area contributed by atoms with Crippen LogP contribution in [0.2, 0.25) is 0 Å². The Balaban J connectivity index is 2.13. The van der Waals surface area contributed by atoms with Gasteiger partial charge in [0.05, 0.1) is 0 Å². The first-order valence-electron chi connectivity index (χ1n) is 4.96. The first-order chi connectivity index (χ1) is 6.74. The first kappa shape index (κ1) is 11.5. The third kappa shape index (κ3) is 3.67. The maximum absolute atomic E-state index is 5.82. The van der Waals surface area contributed by atoms with Crippen LogP contribution in [0.3, 0.4) is 0 Å². The lowest BCUT2D eigenvalue weighted by Gasteiger charge is -2.07. The number of aromatic nitrogens is 3. The summed E-state index contributed by atoms with van der Waals surface area (Å²) in [5.41, 5.74) is 5.82. The zero-order valence-corrected chi connectivity index (χ0v) is 9.63. The third-order valence-electron chi connectivity index (χ3n) is 2.14. The highest BCUT2D eigenvalue weighted by Crippen LogP contribution is 2.15. The van der Waals surface area contributed by atoms with Gasteiger partial charge in [0.1, 0.15) is 6.33 Å². The standard InChI is InChI=1S/C9H18N4S/c1-3-8(10)5-4-6-14-9-11-7-12-13(9)2/h7-8H,3-6,10H2,1-2H3. The lowest BCUT2D eigenvalue weighted by molar-refractivity contribution is 0.589. The molecule has 1 atom stereocenters. The molecule has 0 fully saturated rings. The first-order valence-corrected chi connectivity index (χ1v) is 5.95. The lowest BCUT2D eigenvalue weighted by atomic mass is 10.1. The Labute approximate surface area is 89.3 Å². The monoisotopic (exact) mass is 214 g/mol. The molecule has 1 aromatic rings. The van der Waals surface area contributed by atoms with Crippen LogP contribution in [-0.4, -0.2) is 26.6 Å². The van der Waals surface area contributed by atoms with Gasteiger partial charge in [-0.2, -0.15) is 5.10 Å². The molecule has 0 aliphatic rings. The molecule has 0 aliphatic carbocycles. The Hall–Kier alpha value is -0.550. The van der Waals surface area contributed by atoms with Crippen LogP contribution < -0.4 is 5.73 Å². The van der Waals surface area contributed by atoms with Crippen molar-refractivity contribution in [2.75, 3.05) is 5.75 Å². The lowest BCUT2D eigenvalue weighted by Crippen LogP contribution is -2.18. The van der Waals surface area contributed by atoms with E-state index in [0.717, 1.165) is 30.2 Å². The molecule has 2 N–H and O–H groups in total. The molecule has 1 rings (SSSR count). The molecule has 0 aromatic carbocycles. The Bertz CT molecular complexity index is 261. The topological polar surface area (TPSA) is 56.7 Å². The van der Waals surface area contributed by atoms with E-state index >= 15 is 0 Å². The molecule has 1 heterocycles. The summed E-state index contributed by atoms with van der Waals surface area (Å²) in [5.74, 6) is 1.07. The molecule has 0 amide bonds. The van der Waals surface area contributed by atoms with Crippen LogP contribution in [0.1, 0.15) is 26.2 Å². The second-order valence-corrected chi connectivity index (χ2v) is 4.39. The molecule has 0 spiro atoms. The van der Waals surface area contributed by atoms with Crippen molar-refractivity contribution in [3.8, 4) is 0 Å². The molecule has 4 nitrogen and oxygen atoms in total. The summed E-state index contributed by atoms with van der Waals surface area (Å²) in [7, 11) is 1.91. The predicted molar refractivity (Wildman–Crippen MR) is 59.2 cm³/mol. The van der Waals surface area contributed by atoms with E-state index in [1.165, 1.54) is 0 Å². The fourth-order valence-corrected chi connectivity index (χ4v) is 1.98. The van der Waals surface area contributed by atoms with Gasteiger partial charge >= 0.3 is 0 Å². The second kappa shape index (κ2) is 6.03. The average Bonchev–Trinajstić information content (AvgIpc) is 2.58. The Kier molecular flexibility index (Phi) is 4.97. The van der Waals surface area contributed by atoms with Crippen LogP contribution in [0.4, 0.5) is 0 Å². The van der Waals surface area contributed by atoms with Crippen molar-refractivity contribution in [1.82, 2.24) is 14.8 Å². The maximum atomic E-state index is 5.82. The number of nitrogens with two attached hydrogens (primary N) is 1. The molecule has 0 saturated carbocycles.